The summed E-state index contributed by atoms with van der Waals surface area (Å²) >= 11 is 0. The smallest absolute Gasteiger partial charge is 0.282 e. The number of hydrogen-bond donors (Lipinski definition) is 5. The molecule has 0 unspecified atom stereocenters. The van der Waals surface area contributed by atoms with Crippen molar-refractivity contribution in [3.8, 4) is 11.4 Å². The van der Waals surface area contributed by atoms with Gasteiger partial charge in [0.05, 0.1) is 32.5 Å². The minimum absolute atomic E-state index is 0. The molecule has 0 aliphatic rings. The summed E-state index contributed by atoms with van der Waals surface area (Å²) in [6.07, 6.45) is 2.26. The fourth-order valence-electron chi connectivity index (χ4n) is 7.32. The molecule has 0 saturated heterocycles. The van der Waals surface area contributed by atoms with E-state index in [-0.39, 0.29) is 197 Å². The number of aryl methyl sites for hydroxylation is 1. The first kappa shape index (κ1) is 64.3. The second-order valence-electron chi connectivity index (χ2n) is 15.1. The van der Waals surface area contributed by atoms with Gasteiger partial charge >= 0.3 is 0 Å². The topological polar surface area (TPSA) is 358 Å². The van der Waals surface area contributed by atoms with E-state index >= 15 is 0 Å². The van der Waals surface area contributed by atoms with Gasteiger partial charge in [-0.3, -0.25) is 22.8 Å². The van der Waals surface area contributed by atoms with Gasteiger partial charge in [0.1, 0.15) is 36.8 Å². The van der Waals surface area contributed by atoms with E-state index in [9.17, 15) is 64.9 Å². The Kier molecular flexibility index (Phi) is 20.8. The third-order valence-corrected chi connectivity index (χ3v) is 15.0. The van der Waals surface area contributed by atoms with Crippen LogP contribution < -0.4 is 0 Å². The van der Waals surface area contributed by atoms with Crippen LogP contribution >= 0.6 is 0 Å². The van der Waals surface area contributed by atoms with Gasteiger partial charge in [-0.1, -0.05) is 42.5 Å². The van der Waals surface area contributed by atoms with Crippen LogP contribution in [0.5, 0.6) is 0 Å². The van der Waals surface area contributed by atoms with Crippen LogP contribution in [-0.2, 0) is 50.6 Å². The summed E-state index contributed by atoms with van der Waals surface area (Å²) in [5.41, 5.74) is 1.63. The molecule has 9 rings (SSSR count). The Morgan fingerprint density at radius 1 is 0.432 bits per heavy atom. The van der Waals surface area contributed by atoms with Gasteiger partial charge in [-0.05, 0) is 108 Å². The van der Waals surface area contributed by atoms with Crippen molar-refractivity contribution in [1.82, 2.24) is 30.0 Å². The van der Waals surface area contributed by atoms with Crippen LogP contribution in [-0.4, -0.2) is 243 Å². The monoisotopic (exact) mass is 1150 g/mol. The molecule has 5 N–H and O–H groups in total. The second-order valence-corrected chi connectivity index (χ2v) is 22.1. The van der Waals surface area contributed by atoms with Crippen molar-refractivity contribution in [2.75, 3.05) is 0 Å². The Balaban J connectivity index is 0.00000237. The van der Waals surface area contributed by atoms with Gasteiger partial charge in [-0.2, -0.15) is 61.9 Å². The molecule has 7 aromatic carbocycles. The first-order valence-corrected chi connectivity index (χ1v) is 26.4. The maximum absolute atomic E-state index is 12.7. The molecule has 0 aliphatic heterocycles. The quantitative estimate of drug-likeness (QED) is 0.0508. The number of azo groups is 1. The number of hydrogen-bond acceptors (Lipinski definition) is 16. The molecule has 2 heterocycles. The molecular formula is C41H28N8Na5O15S5. The van der Waals surface area contributed by atoms with Crippen molar-refractivity contribution < 1.29 is 64.9 Å². The van der Waals surface area contributed by atoms with Gasteiger partial charge < -0.3 is 0 Å². The predicted molar refractivity (Wildman–Crippen MR) is 275 cm³/mol. The molecule has 9 aromatic rings. The Morgan fingerprint density at radius 2 is 0.932 bits per heavy atom. The summed E-state index contributed by atoms with van der Waals surface area (Å²) in [6, 6.07) is 23.1. The SMILES string of the molecule is Cc1cc(-n2nc3ccc4cc(S(=O)(=O)O)ccc4c3n2)ccc1N=Nc1ccc(C=Cc2ccc(-n3nc4cc(S(=O)(=O)O)c5ccc(S(=O)(=O)O)cc5c4n3)cc2S(=O)(=O)O)c(S(=O)(=O)O)c1.[Na].[Na].[Na].[Na].[Na]. The van der Waals surface area contributed by atoms with E-state index in [1.165, 1.54) is 47.3 Å². The van der Waals surface area contributed by atoms with Gasteiger partial charge in [0.25, 0.3) is 50.6 Å². The standard InChI is InChI=1S/C41H28N8O15S5.5Na/c1-22-16-27(48-44-35-14-6-25-17-29(65(50,51)52)10-12-31(25)40(35)46-48)9-15-34(22)43-42-26-7-4-23(37(18-26)67(56,57)58)2-3-24-5-8-28(19-38(24)68(59,60)61)49-45-36-21-39(69(62,63)64)32-13-11-30(66(53,54)55)20-33(32)41(36)47-49;;;;;/h2-21H,1H3,(H,50,51,52)(H,53,54,55)(H,56,57,58)(H,59,60,61)(H,62,63,64);;;;;. The maximum atomic E-state index is 12.7. The van der Waals surface area contributed by atoms with Gasteiger partial charge in [-0.25, -0.2) is 0 Å². The molecule has 0 amide bonds. The molecule has 357 valence electrons. The van der Waals surface area contributed by atoms with Gasteiger partial charge in [-0.15, -0.1) is 20.4 Å². The number of aromatic nitrogens is 6. The normalized spacial score (nSPS) is 12.4. The summed E-state index contributed by atoms with van der Waals surface area (Å²) in [6.45, 7) is 1.72. The van der Waals surface area contributed by atoms with Crippen molar-refractivity contribution in [3.63, 3.8) is 0 Å². The van der Waals surface area contributed by atoms with E-state index in [0.717, 1.165) is 53.3 Å². The molecule has 0 aliphatic carbocycles. The van der Waals surface area contributed by atoms with Crippen molar-refractivity contribution in [2.45, 2.75) is 31.4 Å². The molecule has 5 radical (unpaired) electrons. The van der Waals surface area contributed by atoms with Crippen LogP contribution in [0.4, 0.5) is 11.4 Å². The second kappa shape index (κ2) is 24.0. The fraction of sp³-hybridized carbons (Fsp3) is 0.0244. The van der Waals surface area contributed by atoms with Crippen LogP contribution in [0.3, 0.4) is 0 Å². The Morgan fingerprint density at radius 3 is 1.50 bits per heavy atom. The number of benzene rings is 7. The molecule has 0 saturated carbocycles. The predicted octanol–water partition coefficient (Wildman–Crippen LogP) is 4.68. The molecule has 74 heavy (non-hydrogen) atoms. The van der Waals surface area contributed by atoms with E-state index in [4.69, 9.17) is 0 Å². The van der Waals surface area contributed by atoms with Crippen molar-refractivity contribution in [3.05, 3.63) is 126 Å². The van der Waals surface area contributed by atoms with Gasteiger partial charge in [0.15, 0.2) is 0 Å². The molecular weight excluding hydrogens is 1120 g/mol. The van der Waals surface area contributed by atoms with E-state index in [1.54, 1.807) is 37.3 Å². The van der Waals surface area contributed by atoms with Crippen LogP contribution in [0, 0.1) is 6.92 Å². The van der Waals surface area contributed by atoms with E-state index in [0.29, 0.717) is 38.7 Å². The van der Waals surface area contributed by atoms with Crippen LogP contribution in [0.2, 0.25) is 0 Å². The zero-order valence-corrected chi connectivity index (χ0v) is 53.6. The first-order valence-electron chi connectivity index (χ1n) is 19.2. The molecule has 0 spiro atoms. The molecule has 33 heteroatoms. The largest absolute Gasteiger partial charge is 0.295 e. The Labute approximate surface area is 531 Å². The third kappa shape index (κ3) is 13.6. The molecule has 0 atom stereocenters. The third-order valence-electron chi connectivity index (χ3n) is 10.5. The number of nitrogens with zero attached hydrogens (tertiary/aromatic N) is 8. The zero-order chi connectivity index (χ0) is 49.6. The zero-order valence-electron chi connectivity index (χ0n) is 39.5. The van der Waals surface area contributed by atoms with Crippen molar-refractivity contribution in [1.29, 1.82) is 0 Å². The average Bonchev–Trinajstić information content (AvgIpc) is 3.92. The van der Waals surface area contributed by atoms with E-state index in [2.05, 4.69) is 30.6 Å². The summed E-state index contributed by atoms with van der Waals surface area (Å²) in [7, 11) is -24.2. The fourth-order valence-corrected chi connectivity index (χ4v) is 10.5. The van der Waals surface area contributed by atoms with E-state index < -0.39 is 70.2 Å². The maximum Gasteiger partial charge on any atom is 0.295 e. The van der Waals surface area contributed by atoms with Crippen molar-refractivity contribution in [2.24, 2.45) is 10.2 Å². The first-order chi connectivity index (χ1) is 32.2. The summed E-state index contributed by atoms with van der Waals surface area (Å²) in [5.74, 6) is 0. The summed E-state index contributed by atoms with van der Waals surface area (Å²) in [4.78, 5) is -0.779. The van der Waals surface area contributed by atoms with Gasteiger partial charge in [0.2, 0.25) is 0 Å². The number of fused-ring (bicyclic) bond motifs is 6. The van der Waals surface area contributed by atoms with Crippen LogP contribution in [0.1, 0.15) is 16.7 Å². The van der Waals surface area contributed by atoms with Crippen LogP contribution in [0.15, 0.2) is 144 Å². The average molecular weight is 1150 g/mol. The minimum Gasteiger partial charge on any atom is -0.282 e. The summed E-state index contributed by atoms with van der Waals surface area (Å²) < 4.78 is 172. The van der Waals surface area contributed by atoms with Crippen LogP contribution in [0.25, 0.3) is 67.1 Å². The minimum atomic E-state index is -5.06. The van der Waals surface area contributed by atoms with Crippen molar-refractivity contribution >= 4 is 266 Å². The molecule has 0 fully saturated rings. The molecule has 2 aromatic heterocycles. The van der Waals surface area contributed by atoms with E-state index in [1.807, 2.05) is 0 Å². The Bertz CT molecular complexity index is 4390. The molecule has 23 nitrogen and oxygen atoms in total. The van der Waals surface area contributed by atoms with Gasteiger partial charge in [0, 0.05) is 164 Å². The number of rotatable bonds is 11. The summed E-state index contributed by atoms with van der Waals surface area (Å²) in [5, 5.41) is 26.6. The Hall–Kier alpha value is -2.25. The molecule has 0 bridgehead atoms.